The molecule has 1 aromatic carbocycles. The first-order chi connectivity index (χ1) is 12.8. The Bertz CT molecular complexity index is 1010. The number of hydrogen-bond donors (Lipinski definition) is 5. The van der Waals surface area contributed by atoms with Crippen LogP contribution >= 0.6 is 0 Å². The summed E-state index contributed by atoms with van der Waals surface area (Å²) in [7, 11) is 0. The molecule has 0 aliphatic heterocycles. The van der Waals surface area contributed by atoms with Gasteiger partial charge in [0.05, 0.1) is 30.3 Å². The van der Waals surface area contributed by atoms with Crippen LogP contribution in [0.2, 0.25) is 0 Å². The van der Waals surface area contributed by atoms with E-state index in [0.29, 0.717) is 32.3 Å². The highest BCUT2D eigenvalue weighted by Crippen LogP contribution is 2.24. The van der Waals surface area contributed by atoms with Gasteiger partial charge in [-0.1, -0.05) is 0 Å². The van der Waals surface area contributed by atoms with E-state index in [1.807, 2.05) is 30.5 Å². The first-order valence-electron chi connectivity index (χ1n) is 8.40. The third-order valence-electron chi connectivity index (χ3n) is 3.91. The topological polar surface area (TPSA) is 130 Å². The molecule has 9 nitrogen and oxygen atoms in total. The number of nitrogens with two attached hydrogens (primary N) is 1. The first kappa shape index (κ1) is 16.3. The molecule has 0 saturated heterocycles. The van der Waals surface area contributed by atoms with E-state index < -0.39 is 0 Å². The number of nitrogens with zero attached hydrogens (tertiary/aromatic N) is 3. The monoisotopic (exact) mass is 352 g/mol. The van der Waals surface area contributed by atoms with Gasteiger partial charge in [-0.05, 0) is 24.3 Å². The van der Waals surface area contributed by atoms with Gasteiger partial charge in [0.1, 0.15) is 11.5 Å². The summed E-state index contributed by atoms with van der Waals surface area (Å²) in [4.78, 5) is 12.2. The Hall–Kier alpha value is -3.17. The van der Waals surface area contributed by atoms with Gasteiger partial charge in [-0.3, -0.25) is 5.10 Å². The molecule has 0 spiro atoms. The number of benzene rings is 1. The predicted molar refractivity (Wildman–Crippen MR) is 102 cm³/mol. The van der Waals surface area contributed by atoms with Gasteiger partial charge in [-0.15, -0.1) is 0 Å². The van der Waals surface area contributed by atoms with E-state index in [9.17, 15) is 0 Å². The number of aromatic amines is 2. The van der Waals surface area contributed by atoms with Crippen LogP contribution in [0.15, 0.2) is 36.7 Å². The second-order valence-corrected chi connectivity index (χ2v) is 5.76. The third-order valence-corrected chi connectivity index (χ3v) is 3.91. The summed E-state index contributed by atoms with van der Waals surface area (Å²) in [5, 5.41) is 15.5. The largest absolute Gasteiger partial charge is 0.378 e. The molecule has 26 heavy (non-hydrogen) atoms. The molecule has 0 fully saturated rings. The number of ether oxygens (including phenoxy) is 1. The van der Waals surface area contributed by atoms with Gasteiger partial charge in [-0.25, -0.2) is 0 Å². The Morgan fingerprint density at radius 1 is 1.15 bits per heavy atom. The smallest absolute Gasteiger partial charge is 0.231 e. The molecule has 0 aliphatic rings. The van der Waals surface area contributed by atoms with Crippen LogP contribution in [0.3, 0.4) is 0 Å². The van der Waals surface area contributed by atoms with E-state index >= 15 is 0 Å². The molecule has 0 radical (unpaired) electrons. The number of aromatic nitrogens is 5. The zero-order valence-electron chi connectivity index (χ0n) is 14.1. The molecular formula is C17H20N8O. The number of rotatable bonds is 8. The maximum atomic E-state index is 5.42. The summed E-state index contributed by atoms with van der Waals surface area (Å²) < 4.78 is 5.39. The van der Waals surface area contributed by atoms with Crippen LogP contribution in [-0.2, 0) is 4.74 Å². The Balaban J connectivity index is 1.54. The molecule has 134 valence electrons. The lowest BCUT2D eigenvalue weighted by molar-refractivity contribution is 0.151. The van der Waals surface area contributed by atoms with Crippen LogP contribution in [0.4, 0.5) is 17.5 Å². The Kier molecular flexibility index (Phi) is 4.63. The maximum absolute atomic E-state index is 5.42. The molecule has 3 aromatic heterocycles. The standard InChI is InChI=1S/C17H20N8O/c18-4-7-26-8-6-20-16-13-3-5-19-15(13)23-17(24-16)22-12-2-1-11-10-21-25-14(11)9-12/h1-3,5,9-10H,4,6-8,18H2,(H,21,25)(H3,19,20,22,23,24). The number of anilines is 3. The van der Waals surface area contributed by atoms with Crippen LogP contribution in [0, 0.1) is 0 Å². The second kappa shape index (κ2) is 7.38. The highest BCUT2D eigenvalue weighted by Gasteiger charge is 2.09. The zero-order valence-corrected chi connectivity index (χ0v) is 14.1. The summed E-state index contributed by atoms with van der Waals surface area (Å²) in [6.07, 6.45) is 3.63. The summed E-state index contributed by atoms with van der Waals surface area (Å²) in [5.74, 6) is 1.25. The fourth-order valence-corrected chi connectivity index (χ4v) is 2.70. The SMILES string of the molecule is NCCOCCNc1nc(Nc2ccc3cn[nH]c3c2)nc2[nH]ccc12. The molecule has 9 heteroatoms. The van der Waals surface area contributed by atoms with Crippen LogP contribution in [0.1, 0.15) is 0 Å². The van der Waals surface area contributed by atoms with Crippen molar-refractivity contribution in [3.63, 3.8) is 0 Å². The van der Waals surface area contributed by atoms with Crippen molar-refractivity contribution in [2.45, 2.75) is 0 Å². The van der Waals surface area contributed by atoms with E-state index in [1.165, 1.54) is 0 Å². The van der Waals surface area contributed by atoms with Gasteiger partial charge in [-0.2, -0.15) is 15.1 Å². The Morgan fingerprint density at radius 3 is 3.04 bits per heavy atom. The van der Waals surface area contributed by atoms with Crippen molar-refractivity contribution < 1.29 is 4.74 Å². The summed E-state index contributed by atoms with van der Waals surface area (Å²) in [5.41, 5.74) is 8.01. The fourth-order valence-electron chi connectivity index (χ4n) is 2.70. The van der Waals surface area contributed by atoms with Gasteiger partial charge in [0, 0.05) is 30.4 Å². The van der Waals surface area contributed by atoms with E-state index in [4.69, 9.17) is 10.5 Å². The minimum absolute atomic E-state index is 0.504. The van der Waals surface area contributed by atoms with Crippen molar-refractivity contribution in [1.82, 2.24) is 25.1 Å². The Labute approximate surface area is 149 Å². The molecular weight excluding hydrogens is 332 g/mol. The highest BCUT2D eigenvalue weighted by molar-refractivity contribution is 5.88. The molecule has 4 rings (SSSR count). The summed E-state index contributed by atoms with van der Waals surface area (Å²) >= 11 is 0. The van der Waals surface area contributed by atoms with Gasteiger partial charge in [0.25, 0.3) is 0 Å². The van der Waals surface area contributed by atoms with Crippen LogP contribution in [0.25, 0.3) is 21.9 Å². The van der Waals surface area contributed by atoms with Crippen molar-refractivity contribution in [3.05, 3.63) is 36.7 Å². The van der Waals surface area contributed by atoms with Crippen molar-refractivity contribution in [2.75, 3.05) is 36.9 Å². The average molecular weight is 352 g/mol. The molecule has 0 amide bonds. The quantitative estimate of drug-likeness (QED) is 0.306. The molecule has 4 aromatic rings. The molecule has 0 bridgehead atoms. The van der Waals surface area contributed by atoms with Crippen LogP contribution < -0.4 is 16.4 Å². The van der Waals surface area contributed by atoms with E-state index in [1.54, 1.807) is 6.20 Å². The summed E-state index contributed by atoms with van der Waals surface area (Å²) in [6.45, 7) is 2.27. The van der Waals surface area contributed by atoms with Crippen molar-refractivity contribution >= 4 is 39.4 Å². The van der Waals surface area contributed by atoms with E-state index in [0.717, 1.165) is 33.4 Å². The number of fused-ring (bicyclic) bond motifs is 2. The lowest BCUT2D eigenvalue weighted by atomic mass is 10.2. The molecule has 0 atom stereocenters. The summed E-state index contributed by atoms with van der Waals surface area (Å²) in [6, 6.07) is 7.87. The highest BCUT2D eigenvalue weighted by atomic mass is 16.5. The van der Waals surface area contributed by atoms with Gasteiger partial charge < -0.3 is 26.1 Å². The maximum Gasteiger partial charge on any atom is 0.231 e. The number of hydrogen-bond acceptors (Lipinski definition) is 7. The third kappa shape index (κ3) is 3.44. The van der Waals surface area contributed by atoms with Crippen molar-refractivity contribution in [2.24, 2.45) is 5.73 Å². The molecule has 6 N–H and O–H groups in total. The lowest BCUT2D eigenvalue weighted by Gasteiger charge is -2.10. The van der Waals surface area contributed by atoms with E-state index in [2.05, 4.69) is 35.8 Å². The van der Waals surface area contributed by atoms with Crippen LogP contribution in [-0.4, -0.2) is 51.5 Å². The molecule has 3 heterocycles. The number of H-pyrrole nitrogens is 2. The minimum Gasteiger partial charge on any atom is -0.378 e. The molecule has 0 unspecified atom stereocenters. The van der Waals surface area contributed by atoms with Gasteiger partial charge >= 0.3 is 0 Å². The average Bonchev–Trinajstić information content (AvgIpc) is 3.30. The number of nitrogens with one attached hydrogen (secondary N) is 4. The predicted octanol–water partition coefficient (Wildman–Crippen LogP) is 1.96. The fraction of sp³-hybridized carbons (Fsp3) is 0.235. The second-order valence-electron chi connectivity index (χ2n) is 5.76. The van der Waals surface area contributed by atoms with Gasteiger partial charge in [0.15, 0.2) is 0 Å². The lowest BCUT2D eigenvalue weighted by Crippen LogP contribution is -2.15. The van der Waals surface area contributed by atoms with Crippen molar-refractivity contribution in [3.8, 4) is 0 Å². The normalized spacial score (nSPS) is 11.3. The van der Waals surface area contributed by atoms with E-state index in [-0.39, 0.29) is 0 Å². The van der Waals surface area contributed by atoms with Gasteiger partial charge in [0.2, 0.25) is 5.95 Å². The zero-order chi connectivity index (χ0) is 17.8. The molecule has 0 saturated carbocycles. The first-order valence-corrected chi connectivity index (χ1v) is 8.40. The molecule has 0 aliphatic carbocycles. The Morgan fingerprint density at radius 2 is 2.12 bits per heavy atom. The van der Waals surface area contributed by atoms with Crippen LogP contribution in [0.5, 0.6) is 0 Å². The van der Waals surface area contributed by atoms with Crippen molar-refractivity contribution in [1.29, 1.82) is 0 Å². The minimum atomic E-state index is 0.504.